The number of hydrogen-bond donors (Lipinski definition) is 2. The first-order valence-corrected chi connectivity index (χ1v) is 9.23. The molecule has 0 spiro atoms. The molecular formula is C18H18ClN5OS. The van der Waals surface area contributed by atoms with Crippen molar-refractivity contribution < 1.29 is 4.79 Å². The molecule has 3 rings (SSSR count). The van der Waals surface area contributed by atoms with Crippen LogP contribution < -0.4 is 10.6 Å². The molecule has 0 aliphatic heterocycles. The van der Waals surface area contributed by atoms with Gasteiger partial charge in [0.15, 0.2) is 5.69 Å². The predicted molar refractivity (Wildman–Crippen MR) is 105 cm³/mol. The summed E-state index contributed by atoms with van der Waals surface area (Å²) in [6.07, 6.45) is 0. The number of halogens is 1. The molecule has 0 saturated heterocycles. The van der Waals surface area contributed by atoms with Gasteiger partial charge in [-0.15, -0.1) is 21.5 Å². The molecule has 3 aromatic rings. The topological polar surface area (TPSA) is 79.8 Å². The summed E-state index contributed by atoms with van der Waals surface area (Å²) in [6, 6.07) is 11.0. The number of aromatic nitrogens is 3. The quantitative estimate of drug-likeness (QED) is 0.689. The zero-order valence-corrected chi connectivity index (χ0v) is 16.1. The number of nitrogens with one attached hydrogen (secondary N) is 2. The van der Waals surface area contributed by atoms with E-state index in [0.717, 1.165) is 21.1 Å². The number of amides is 1. The molecule has 2 N–H and O–H groups in total. The summed E-state index contributed by atoms with van der Waals surface area (Å²) in [5.41, 5.74) is 2.27. The highest BCUT2D eigenvalue weighted by Gasteiger charge is 2.16. The molecule has 0 aliphatic rings. The van der Waals surface area contributed by atoms with E-state index < -0.39 is 0 Å². The van der Waals surface area contributed by atoms with E-state index in [2.05, 4.69) is 27.8 Å². The van der Waals surface area contributed by atoms with Gasteiger partial charge < -0.3 is 10.6 Å². The first-order valence-electron chi connectivity index (χ1n) is 8.03. The van der Waals surface area contributed by atoms with Gasteiger partial charge in [-0.3, -0.25) is 4.79 Å². The van der Waals surface area contributed by atoms with Gasteiger partial charge in [-0.2, -0.15) is 0 Å². The van der Waals surface area contributed by atoms with Crippen LogP contribution in [0.1, 0.15) is 33.3 Å². The summed E-state index contributed by atoms with van der Waals surface area (Å²) in [6.45, 7) is 4.06. The van der Waals surface area contributed by atoms with Gasteiger partial charge in [0.2, 0.25) is 0 Å². The van der Waals surface area contributed by atoms with Crippen molar-refractivity contribution in [2.75, 3.05) is 12.4 Å². The van der Waals surface area contributed by atoms with Crippen molar-refractivity contribution >= 4 is 34.7 Å². The summed E-state index contributed by atoms with van der Waals surface area (Å²) in [5, 5.41) is 15.4. The fourth-order valence-corrected chi connectivity index (χ4v) is 3.49. The van der Waals surface area contributed by atoms with Crippen molar-refractivity contribution in [2.45, 2.75) is 19.9 Å². The van der Waals surface area contributed by atoms with Crippen molar-refractivity contribution in [1.29, 1.82) is 0 Å². The number of benzene rings is 1. The largest absolute Gasteiger partial charge is 0.360 e. The third-order valence-corrected chi connectivity index (χ3v) is 5.20. The molecule has 134 valence electrons. The molecule has 6 nitrogen and oxygen atoms in total. The summed E-state index contributed by atoms with van der Waals surface area (Å²) >= 11 is 7.59. The fraction of sp³-hybridized carbons (Fsp3) is 0.222. The molecule has 0 bridgehead atoms. The predicted octanol–water partition coefficient (Wildman–Crippen LogP) is 4.09. The number of thiazole rings is 1. The SMILES string of the molecule is CNC(=O)c1ccc(NC(C)c2nc(-c3ccc(Cl)cc3)c(C)s2)nn1. The van der Waals surface area contributed by atoms with Crippen molar-refractivity contribution in [3.8, 4) is 11.3 Å². The van der Waals surface area contributed by atoms with Crippen molar-refractivity contribution in [3.05, 3.63) is 57.0 Å². The lowest BCUT2D eigenvalue weighted by atomic mass is 10.1. The highest BCUT2D eigenvalue weighted by Crippen LogP contribution is 2.32. The summed E-state index contributed by atoms with van der Waals surface area (Å²) in [4.78, 5) is 17.4. The molecule has 1 aromatic carbocycles. The molecular weight excluding hydrogens is 370 g/mol. The van der Waals surface area contributed by atoms with Gasteiger partial charge in [0.1, 0.15) is 10.8 Å². The van der Waals surface area contributed by atoms with Crippen LogP contribution in [-0.2, 0) is 0 Å². The highest BCUT2D eigenvalue weighted by atomic mass is 35.5. The Balaban J connectivity index is 1.76. The van der Waals surface area contributed by atoms with Crippen molar-refractivity contribution in [2.24, 2.45) is 0 Å². The maximum absolute atomic E-state index is 11.5. The van der Waals surface area contributed by atoms with E-state index in [-0.39, 0.29) is 17.6 Å². The second-order valence-electron chi connectivity index (χ2n) is 5.71. The molecule has 2 aromatic heterocycles. The van der Waals surface area contributed by atoms with Crippen LogP contribution in [0.3, 0.4) is 0 Å². The molecule has 26 heavy (non-hydrogen) atoms. The molecule has 1 amide bonds. The highest BCUT2D eigenvalue weighted by molar-refractivity contribution is 7.12. The van der Waals surface area contributed by atoms with Crippen LogP contribution in [-0.4, -0.2) is 28.1 Å². The van der Waals surface area contributed by atoms with Crippen LogP contribution in [0.5, 0.6) is 0 Å². The Morgan fingerprint density at radius 3 is 2.50 bits per heavy atom. The molecule has 0 aliphatic carbocycles. The molecule has 1 atom stereocenters. The Hall–Kier alpha value is -2.51. The van der Waals surface area contributed by atoms with E-state index in [1.165, 1.54) is 0 Å². The number of rotatable bonds is 5. The van der Waals surface area contributed by atoms with E-state index in [1.807, 2.05) is 31.2 Å². The minimum Gasteiger partial charge on any atom is -0.360 e. The van der Waals surface area contributed by atoms with Crippen LogP contribution in [0.25, 0.3) is 11.3 Å². The molecule has 2 heterocycles. The number of carbonyl (C=O) groups excluding carboxylic acids is 1. The van der Waals surface area contributed by atoms with E-state index in [0.29, 0.717) is 10.8 Å². The fourth-order valence-electron chi connectivity index (χ4n) is 2.42. The van der Waals surface area contributed by atoms with Crippen LogP contribution in [0.2, 0.25) is 5.02 Å². The second kappa shape index (κ2) is 7.80. The summed E-state index contributed by atoms with van der Waals surface area (Å²) in [7, 11) is 1.56. The first kappa shape index (κ1) is 18.3. The Bertz CT molecular complexity index is 908. The van der Waals surface area contributed by atoms with Gasteiger partial charge in [0, 0.05) is 22.5 Å². The Morgan fingerprint density at radius 1 is 1.15 bits per heavy atom. The standard InChI is InChI=1S/C18H18ClN5OS/c1-10(21-15-9-8-14(23-24-15)17(25)20-3)18-22-16(11(2)26-18)12-4-6-13(19)7-5-12/h4-10H,1-3H3,(H,20,25)(H,21,24). The molecule has 0 saturated carbocycles. The van der Waals surface area contributed by atoms with E-state index in [4.69, 9.17) is 16.6 Å². The van der Waals surface area contributed by atoms with Crippen LogP contribution in [0.15, 0.2) is 36.4 Å². The van der Waals surface area contributed by atoms with Gasteiger partial charge in [-0.1, -0.05) is 23.7 Å². The number of anilines is 1. The number of carbonyl (C=O) groups is 1. The van der Waals surface area contributed by atoms with Crippen molar-refractivity contribution in [3.63, 3.8) is 0 Å². The van der Waals surface area contributed by atoms with E-state index in [1.54, 1.807) is 30.5 Å². The average Bonchev–Trinajstić information content (AvgIpc) is 3.04. The van der Waals surface area contributed by atoms with Crippen LogP contribution >= 0.6 is 22.9 Å². The Kier molecular flexibility index (Phi) is 5.49. The minimum atomic E-state index is -0.264. The molecule has 0 radical (unpaired) electrons. The first-order chi connectivity index (χ1) is 12.5. The average molecular weight is 388 g/mol. The monoisotopic (exact) mass is 387 g/mol. The smallest absolute Gasteiger partial charge is 0.271 e. The summed E-state index contributed by atoms with van der Waals surface area (Å²) in [5.74, 6) is 0.325. The van der Waals surface area contributed by atoms with Gasteiger partial charge in [0.05, 0.1) is 11.7 Å². The third-order valence-electron chi connectivity index (χ3n) is 3.79. The number of aryl methyl sites for hydroxylation is 1. The normalized spacial score (nSPS) is 11.8. The molecule has 1 unspecified atom stereocenters. The Morgan fingerprint density at radius 2 is 1.88 bits per heavy atom. The number of hydrogen-bond acceptors (Lipinski definition) is 6. The lowest BCUT2D eigenvalue weighted by Gasteiger charge is -2.11. The van der Waals surface area contributed by atoms with Gasteiger partial charge >= 0.3 is 0 Å². The van der Waals surface area contributed by atoms with E-state index in [9.17, 15) is 4.79 Å². The summed E-state index contributed by atoms with van der Waals surface area (Å²) < 4.78 is 0. The third kappa shape index (κ3) is 4.00. The van der Waals surface area contributed by atoms with Gasteiger partial charge in [0.25, 0.3) is 5.91 Å². The van der Waals surface area contributed by atoms with E-state index >= 15 is 0 Å². The lowest BCUT2D eigenvalue weighted by Crippen LogP contribution is -2.20. The zero-order chi connectivity index (χ0) is 18.7. The molecule has 8 heteroatoms. The van der Waals surface area contributed by atoms with Crippen LogP contribution in [0, 0.1) is 6.92 Å². The van der Waals surface area contributed by atoms with Crippen molar-refractivity contribution in [1.82, 2.24) is 20.5 Å². The second-order valence-corrected chi connectivity index (χ2v) is 7.38. The zero-order valence-electron chi connectivity index (χ0n) is 14.6. The van der Waals surface area contributed by atoms with Gasteiger partial charge in [-0.05, 0) is 38.1 Å². The minimum absolute atomic E-state index is 0.0418. The lowest BCUT2D eigenvalue weighted by molar-refractivity contribution is 0.0957. The number of nitrogens with zero attached hydrogens (tertiary/aromatic N) is 3. The maximum Gasteiger partial charge on any atom is 0.271 e. The Labute approximate surface area is 160 Å². The molecule has 0 fully saturated rings. The van der Waals surface area contributed by atoms with Crippen LogP contribution in [0.4, 0.5) is 5.82 Å². The maximum atomic E-state index is 11.5. The van der Waals surface area contributed by atoms with Gasteiger partial charge in [-0.25, -0.2) is 4.98 Å².